The molecule has 1 aliphatic carbocycles. The predicted molar refractivity (Wildman–Crippen MR) is 83.4 cm³/mol. The van der Waals surface area contributed by atoms with Gasteiger partial charge in [0.2, 0.25) is 0 Å². The number of aromatic hydroxyl groups is 1. The van der Waals surface area contributed by atoms with Crippen molar-refractivity contribution >= 4 is 11.4 Å². The zero-order valence-corrected chi connectivity index (χ0v) is 13.4. The largest absolute Gasteiger partial charge is 0.504 e. The number of rotatable bonds is 3. The Morgan fingerprint density at radius 2 is 2.00 bits per heavy atom. The number of methoxy groups -OCH3 is 2. The number of aliphatic hydroxyl groups is 2. The SMILES string of the molecule is COc1cc(C2=COC3CC(O)C(OC)C(O)C3C2=O)ccc1O. The van der Waals surface area contributed by atoms with E-state index < -0.39 is 30.3 Å². The molecule has 5 atom stereocenters. The number of carbonyl (C=O) groups excluding carboxylic acids is 1. The first-order chi connectivity index (χ1) is 11.5. The van der Waals surface area contributed by atoms with Crippen molar-refractivity contribution < 1.29 is 34.3 Å². The predicted octanol–water partition coefficient (Wildman–Crippen LogP) is 0.466. The molecular weight excluding hydrogens is 316 g/mol. The lowest BCUT2D eigenvalue weighted by atomic mass is 9.74. The number of ether oxygens (including phenoxy) is 3. The van der Waals surface area contributed by atoms with Crippen LogP contribution in [0.1, 0.15) is 12.0 Å². The first kappa shape index (κ1) is 16.8. The number of phenols is 1. The van der Waals surface area contributed by atoms with Crippen molar-refractivity contribution in [2.24, 2.45) is 5.92 Å². The van der Waals surface area contributed by atoms with Gasteiger partial charge in [0.05, 0.1) is 37.1 Å². The van der Waals surface area contributed by atoms with Crippen LogP contribution >= 0.6 is 0 Å². The quantitative estimate of drug-likeness (QED) is 0.736. The number of fused-ring (bicyclic) bond motifs is 1. The Morgan fingerprint density at radius 3 is 2.67 bits per heavy atom. The number of hydrogen-bond acceptors (Lipinski definition) is 7. The van der Waals surface area contributed by atoms with Crippen LogP contribution < -0.4 is 4.74 Å². The normalized spacial score (nSPS) is 32.6. The second-order valence-electron chi connectivity index (χ2n) is 5.98. The van der Waals surface area contributed by atoms with Gasteiger partial charge in [-0.05, 0) is 17.7 Å². The molecular formula is C17H20O7. The molecule has 0 spiro atoms. The first-order valence-corrected chi connectivity index (χ1v) is 7.64. The molecule has 1 saturated carbocycles. The molecule has 3 N–H and O–H groups in total. The fraction of sp³-hybridized carbons (Fsp3) is 0.471. The van der Waals surface area contributed by atoms with E-state index in [1.165, 1.54) is 32.6 Å². The van der Waals surface area contributed by atoms with E-state index in [9.17, 15) is 20.1 Å². The Kier molecular flexibility index (Phi) is 4.49. The molecule has 7 nitrogen and oxygen atoms in total. The Balaban J connectivity index is 1.94. The van der Waals surface area contributed by atoms with Gasteiger partial charge in [-0.3, -0.25) is 4.79 Å². The van der Waals surface area contributed by atoms with Gasteiger partial charge >= 0.3 is 0 Å². The fourth-order valence-corrected chi connectivity index (χ4v) is 3.38. The molecule has 1 aliphatic heterocycles. The van der Waals surface area contributed by atoms with E-state index in [1.807, 2.05) is 0 Å². The number of aliphatic hydroxyl groups excluding tert-OH is 2. The molecule has 0 radical (unpaired) electrons. The molecule has 1 fully saturated rings. The average molecular weight is 336 g/mol. The molecule has 1 heterocycles. The van der Waals surface area contributed by atoms with Crippen molar-refractivity contribution in [1.29, 1.82) is 0 Å². The molecule has 0 aromatic heterocycles. The third kappa shape index (κ3) is 2.64. The summed E-state index contributed by atoms with van der Waals surface area (Å²) in [5.41, 5.74) is 0.792. The lowest BCUT2D eigenvalue weighted by Gasteiger charge is -2.43. The maximum Gasteiger partial charge on any atom is 0.176 e. The summed E-state index contributed by atoms with van der Waals surface area (Å²) in [6.45, 7) is 0. The van der Waals surface area contributed by atoms with Crippen LogP contribution in [0.3, 0.4) is 0 Å². The number of benzene rings is 1. The summed E-state index contributed by atoms with van der Waals surface area (Å²) < 4.78 is 15.8. The maximum atomic E-state index is 12.9. The molecule has 2 aliphatic rings. The second-order valence-corrected chi connectivity index (χ2v) is 5.98. The smallest absolute Gasteiger partial charge is 0.176 e. The van der Waals surface area contributed by atoms with Crippen molar-refractivity contribution in [3.63, 3.8) is 0 Å². The molecule has 0 bridgehead atoms. The molecule has 1 aromatic carbocycles. The minimum Gasteiger partial charge on any atom is -0.504 e. The Morgan fingerprint density at radius 1 is 1.25 bits per heavy atom. The summed E-state index contributed by atoms with van der Waals surface area (Å²) in [5, 5.41) is 30.1. The standard InChI is InChI=1S/C17H20O7/c1-22-12-5-8(3-4-10(12)18)9-7-24-13-6-11(19)17(23-2)16(21)14(13)15(9)20/h3-5,7,11,13-14,16-19,21H,6H2,1-2H3. The second kappa shape index (κ2) is 6.43. The Labute approximate surface area is 139 Å². The van der Waals surface area contributed by atoms with E-state index >= 15 is 0 Å². The summed E-state index contributed by atoms with van der Waals surface area (Å²) in [7, 11) is 2.80. The van der Waals surface area contributed by atoms with Crippen LogP contribution in [0.15, 0.2) is 24.5 Å². The minimum absolute atomic E-state index is 0.0378. The van der Waals surface area contributed by atoms with Crippen LogP contribution in [-0.2, 0) is 14.3 Å². The minimum atomic E-state index is -1.17. The van der Waals surface area contributed by atoms with Gasteiger partial charge in [0, 0.05) is 13.5 Å². The first-order valence-electron chi connectivity index (χ1n) is 7.64. The van der Waals surface area contributed by atoms with Gasteiger partial charge in [0.15, 0.2) is 17.3 Å². The van der Waals surface area contributed by atoms with Crippen molar-refractivity contribution in [3.05, 3.63) is 30.0 Å². The monoisotopic (exact) mass is 336 g/mol. The number of phenolic OH excluding ortho intramolecular Hbond substituents is 1. The molecule has 1 aromatic rings. The van der Waals surface area contributed by atoms with Crippen LogP contribution in [0, 0.1) is 5.92 Å². The summed E-state index contributed by atoms with van der Waals surface area (Å²) in [6.07, 6.45) is -1.97. The van der Waals surface area contributed by atoms with E-state index in [1.54, 1.807) is 6.07 Å². The van der Waals surface area contributed by atoms with Gasteiger partial charge in [0.25, 0.3) is 0 Å². The molecule has 130 valence electrons. The van der Waals surface area contributed by atoms with Crippen LogP contribution in [0.4, 0.5) is 0 Å². The van der Waals surface area contributed by atoms with Crippen LogP contribution in [-0.4, -0.2) is 59.7 Å². The third-order valence-electron chi connectivity index (χ3n) is 4.65. The zero-order valence-electron chi connectivity index (χ0n) is 13.4. The van der Waals surface area contributed by atoms with Gasteiger partial charge in [-0.15, -0.1) is 0 Å². The van der Waals surface area contributed by atoms with Gasteiger partial charge in [-0.25, -0.2) is 0 Å². The Hall–Kier alpha value is -2.09. The van der Waals surface area contributed by atoms with Crippen molar-refractivity contribution in [3.8, 4) is 11.5 Å². The molecule has 0 saturated heterocycles. The lowest BCUT2D eigenvalue weighted by molar-refractivity contribution is -0.171. The average Bonchev–Trinajstić information content (AvgIpc) is 2.56. The van der Waals surface area contributed by atoms with E-state index in [2.05, 4.69) is 0 Å². The van der Waals surface area contributed by atoms with E-state index in [4.69, 9.17) is 14.2 Å². The number of Topliss-reactive ketones (excluding diaryl/α,β-unsaturated/α-hetero) is 1. The number of ketones is 1. The highest BCUT2D eigenvalue weighted by atomic mass is 16.5. The highest BCUT2D eigenvalue weighted by Gasteiger charge is 2.50. The summed E-state index contributed by atoms with van der Waals surface area (Å²) in [5.74, 6) is -0.916. The van der Waals surface area contributed by atoms with E-state index in [0.29, 0.717) is 5.56 Å². The molecule has 7 heteroatoms. The number of carbonyl (C=O) groups is 1. The van der Waals surface area contributed by atoms with Crippen LogP contribution in [0.5, 0.6) is 11.5 Å². The van der Waals surface area contributed by atoms with Crippen molar-refractivity contribution in [2.45, 2.75) is 30.8 Å². The van der Waals surface area contributed by atoms with Gasteiger partial charge in [0.1, 0.15) is 12.2 Å². The van der Waals surface area contributed by atoms with Crippen molar-refractivity contribution in [2.75, 3.05) is 14.2 Å². The third-order valence-corrected chi connectivity index (χ3v) is 4.65. The van der Waals surface area contributed by atoms with Crippen LogP contribution in [0.25, 0.3) is 5.57 Å². The molecule has 3 rings (SSSR count). The summed E-state index contributed by atoms with van der Waals surface area (Å²) >= 11 is 0. The summed E-state index contributed by atoms with van der Waals surface area (Å²) in [6, 6.07) is 4.52. The molecule has 0 amide bonds. The molecule has 5 unspecified atom stereocenters. The maximum absolute atomic E-state index is 12.9. The topological polar surface area (TPSA) is 105 Å². The zero-order chi connectivity index (χ0) is 17.4. The van der Waals surface area contributed by atoms with E-state index in [0.717, 1.165) is 0 Å². The number of allylic oxidation sites excluding steroid dienone is 1. The van der Waals surface area contributed by atoms with Gasteiger partial charge in [-0.1, -0.05) is 6.07 Å². The fourth-order valence-electron chi connectivity index (χ4n) is 3.38. The highest BCUT2D eigenvalue weighted by Crippen LogP contribution is 2.39. The summed E-state index contributed by atoms with van der Waals surface area (Å²) in [4.78, 5) is 12.9. The van der Waals surface area contributed by atoms with Gasteiger partial charge in [-0.2, -0.15) is 0 Å². The van der Waals surface area contributed by atoms with Gasteiger partial charge < -0.3 is 29.5 Å². The molecule has 24 heavy (non-hydrogen) atoms. The van der Waals surface area contributed by atoms with E-state index in [-0.39, 0.29) is 29.3 Å². The van der Waals surface area contributed by atoms with Crippen molar-refractivity contribution in [1.82, 2.24) is 0 Å². The highest BCUT2D eigenvalue weighted by molar-refractivity contribution is 6.22. The lowest BCUT2D eigenvalue weighted by Crippen LogP contribution is -2.57. The van der Waals surface area contributed by atoms with Crippen LogP contribution in [0.2, 0.25) is 0 Å². The Bertz CT molecular complexity index is 669. The number of hydrogen-bond donors (Lipinski definition) is 3.